The number of benzene rings is 1. The number of ether oxygens (including phenoxy) is 2. The van der Waals surface area contributed by atoms with Gasteiger partial charge in [0.15, 0.2) is 11.5 Å². The van der Waals surface area contributed by atoms with E-state index in [0.29, 0.717) is 30.6 Å². The van der Waals surface area contributed by atoms with Crippen LogP contribution in [0.3, 0.4) is 0 Å². The van der Waals surface area contributed by atoms with Gasteiger partial charge in [-0.05, 0) is 50.2 Å². The van der Waals surface area contributed by atoms with E-state index in [-0.39, 0.29) is 0 Å². The number of rotatable bonds is 6. The Labute approximate surface area is 129 Å². The molecule has 21 heavy (non-hydrogen) atoms. The quantitative estimate of drug-likeness (QED) is 0.822. The fraction of sp³-hybridized carbons (Fsp3) is 0.667. The van der Waals surface area contributed by atoms with E-state index in [9.17, 15) is 0 Å². The lowest BCUT2D eigenvalue weighted by atomic mass is 9.91. The highest BCUT2D eigenvalue weighted by Gasteiger charge is 2.36. The zero-order chi connectivity index (χ0) is 15.5. The van der Waals surface area contributed by atoms with Gasteiger partial charge in [0.1, 0.15) is 0 Å². The summed E-state index contributed by atoms with van der Waals surface area (Å²) in [5.74, 6) is 2.35. The van der Waals surface area contributed by atoms with Gasteiger partial charge in [-0.2, -0.15) is 0 Å². The van der Waals surface area contributed by atoms with Gasteiger partial charge in [0, 0.05) is 17.8 Å². The van der Waals surface area contributed by atoms with Gasteiger partial charge in [-0.1, -0.05) is 20.8 Å². The van der Waals surface area contributed by atoms with E-state index in [4.69, 9.17) is 9.47 Å². The van der Waals surface area contributed by atoms with Crippen LogP contribution < -0.4 is 14.8 Å². The Morgan fingerprint density at radius 1 is 1.10 bits per heavy atom. The van der Waals surface area contributed by atoms with Crippen molar-refractivity contribution in [2.75, 3.05) is 18.5 Å². The van der Waals surface area contributed by atoms with Crippen molar-refractivity contribution in [1.82, 2.24) is 0 Å². The average Bonchev–Trinajstić information content (AvgIpc) is 2.66. The van der Waals surface area contributed by atoms with E-state index < -0.39 is 0 Å². The Bertz CT molecular complexity index is 470. The molecule has 0 radical (unpaired) electrons. The minimum Gasteiger partial charge on any atom is -0.490 e. The second-order valence-corrected chi connectivity index (χ2v) is 6.83. The zero-order valence-electron chi connectivity index (χ0n) is 14.0. The van der Waals surface area contributed by atoms with Crippen molar-refractivity contribution >= 4 is 5.69 Å². The van der Waals surface area contributed by atoms with E-state index in [1.165, 1.54) is 12.8 Å². The highest BCUT2D eigenvalue weighted by molar-refractivity contribution is 5.55. The molecule has 0 amide bonds. The highest BCUT2D eigenvalue weighted by Crippen LogP contribution is 2.42. The van der Waals surface area contributed by atoms with Gasteiger partial charge in [0.2, 0.25) is 0 Å². The van der Waals surface area contributed by atoms with E-state index >= 15 is 0 Å². The summed E-state index contributed by atoms with van der Waals surface area (Å²) in [5.41, 5.74) is 1.56. The molecule has 0 heterocycles. The maximum Gasteiger partial charge on any atom is 0.163 e. The topological polar surface area (TPSA) is 30.5 Å². The van der Waals surface area contributed by atoms with Gasteiger partial charge in [-0.15, -0.1) is 0 Å². The molecule has 0 spiro atoms. The summed E-state index contributed by atoms with van der Waals surface area (Å²) in [6, 6.07) is 6.69. The molecule has 1 aromatic carbocycles. The highest BCUT2D eigenvalue weighted by atomic mass is 16.5. The molecule has 118 valence electrons. The van der Waals surface area contributed by atoms with Gasteiger partial charge in [0.05, 0.1) is 13.2 Å². The van der Waals surface area contributed by atoms with E-state index in [0.717, 1.165) is 17.2 Å². The van der Waals surface area contributed by atoms with Crippen LogP contribution in [0.2, 0.25) is 0 Å². The zero-order valence-corrected chi connectivity index (χ0v) is 14.0. The first-order chi connectivity index (χ1) is 9.95. The second kappa shape index (κ2) is 6.59. The number of nitrogens with one attached hydrogen (secondary N) is 1. The van der Waals surface area contributed by atoms with E-state index in [1.54, 1.807) is 0 Å². The van der Waals surface area contributed by atoms with Crippen molar-refractivity contribution in [2.45, 2.75) is 53.5 Å². The summed E-state index contributed by atoms with van der Waals surface area (Å²) < 4.78 is 11.3. The first-order valence-electron chi connectivity index (χ1n) is 8.11. The fourth-order valence-electron chi connectivity index (χ4n) is 3.44. The fourth-order valence-corrected chi connectivity index (χ4v) is 3.44. The van der Waals surface area contributed by atoms with Gasteiger partial charge >= 0.3 is 0 Å². The molecule has 0 saturated heterocycles. The van der Waals surface area contributed by atoms with E-state index in [1.807, 2.05) is 19.9 Å². The summed E-state index contributed by atoms with van der Waals surface area (Å²) in [7, 11) is 0. The third-order valence-corrected chi connectivity index (χ3v) is 4.23. The molecular weight excluding hydrogens is 262 g/mol. The normalized spacial score (nSPS) is 23.9. The monoisotopic (exact) mass is 291 g/mol. The van der Waals surface area contributed by atoms with Gasteiger partial charge in [-0.3, -0.25) is 0 Å². The maximum absolute atomic E-state index is 5.70. The molecule has 3 nitrogen and oxygen atoms in total. The Morgan fingerprint density at radius 2 is 1.76 bits per heavy atom. The second-order valence-electron chi connectivity index (χ2n) is 6.83. The predicted octanol–water partition coefficient (Wildman–Crippen LogP) is 4.72. The third-order valence-electron chi connectivity index (χ3n) is 4.23. The minimum atomic E-state index is 0.436. The summed E-state index contributed by atoms with van der Waals surface area (Å²) in [5, 5.41) is 3.68. The molecule has 2 rings (SSSR count). The average molecular weight is 291 g/mol. The van der Waals surface area contributed by atoms with E-state index in [2.05, 4.69) is 38.2 Å². The molecule has 1 aliphatic rings. The lowest BCUT2D eigenvalue weighted by Gasteiger charge is -2.21. The molecule has 1 aromatic rings. The maximum atomic E-state index is 5.70. The van der Waals surface area contributed by atoms with Crippen LogP contribution in [0.5, 0.6) is 11.5 Å². The number of hydrogen-bond acceptors (Lipinski definition) is 3. The van der Waals surface area contributed by atoms with Crippen LogP contribution in [0.25, 0.3) is 0 Å². The summed E-state index contributed by atoms with van der Waals surface area (Å²) in [6.07, 6.45) is 2.49. The van der Waals surface area contributed by atoms with Crippen molar-refractivity contribution in [3.63, 3.8) is 0 Å². The number of hydrogen-bond donors (Lipinski definition) is 1. The molecule has 0 aliphatic heterocycles. The van der Waals surface area contributed by atoms with Crippen molar-refractivity contribution < 1.29 is 9.47 Å². The molecule has 1 saturated carbocycles. The van der Waals surface area contributed by atoms with Crippen LogP contribution in [0, 0.1) is 11.3 Å². The molecule has 2 atom stereocenters. The Hall–Kier alpha value is -1.38. The molecular formula is C18H29NO2. The molecule has 0 aromatic heterocycles. The van der Waals surface area contributed by atoms with Crippen molar-refractivity contribution in [3.05, 3.63) is 18.2 Å². The molecule has 3 heteroatoms. The van der Waals surface area contributed by atoms with Crippen LogP contribution in [0.4, 0.5) is 5.69 Å². The van der Waals surface area contributed by atoms with Crippen LogP contribution in [-0.4, -0.2) is 19.3 Å². The van der Waals surface area contributed by atoms with Gasteiger partial charge < -0.3 is 14.8 Å². The Kier molecular flexibility index (Phi) is 5.02. The lowest BCUT2D eigenvalue weighted by molar-refractivity contribution is 0.288. The number of anilines is 1. The first kappa shape index (κ1) is 16.0. The Morgan fingerprint density at radius 3 is 2.33 bits per heavy atom. The van der Waals surface area contributed by atoms with Crippen molar-refractivity contribution in [1.29, 1.82) is 0 Å². The van der Waals surface area contributed by atoms with Crippen LogP contribution in [0.15, 0.2) is 18.2 Å². The van der Waals surface area contributed by atoms with Gasteiger partial charge in [0.25, 0.3) is 0 Å². The smallest absolute Gasteiger partial charge is 0.163 e. The van der Waals surface area contributed by atoms with Crippen molar-refractivity contribution in [2.24, 2.45) is 11.3 Å². The van der Waals surface area contributed by atoms with Crippen LogP contribution in [-0.2, 0) is 0 Å². The minimum absolute atomic E-state index is 0.436. The molecule has 1 N–H and O–H groups in total. The molecule has 1 fully saturated rings. The largest absolute Gasteiger partial charge is 0.490 e. The SMILES string of the molecule is CCOc1ccc(NC2CC(C)(C)CC2C)cc1OCC. The van der Waals surface area contributed by atoms with Crippen LogP contribution in [0.1, 0.15) is 47.5 Å². The molecule has 0 bridgehead atoms. The predicted molar refractivity (Wildman–Crippen MR) is 88.4 cm³/mol. The summed E-state index contributed by atoms with van der Waals surface area (Å²) in [6.45, 7) is 12.3. The standard InChI is InChI=1S/C18H29NO2/c1-6-20-16-9-8-14(10-17(16)21-7-2)19-15-12-18(4,5)11-13(15)3/h8-10,13,15,19H,6-7,11-12H2,1-5H3. The molecule has 1 aliphatic carbocycles. The van der Waals surface area contributed by atoms with Crippen LogP contribution >= 0.6 is 0 Å². The lowest BCUT2D eigenvalue weighted by Crippen LogP contribution is -2.22. The Balaban J connectivity index is 2.11. The summed E-state index contributed by atoms with van der Waals surface area (Å²) >= 11 is 0. The first-order valence-corrected chi connectivity index (χ1v) is 8.11. The van der Waals surface area contributed by atoms with Gasteiger partial charge in [-0.25, -0.2) is 0 Å². The third kappa shape index (κ3) is 4.05. The summed E-state index contributed by atoms with van der Waals surface area (Å²) in [4.78, 5) is 0. The molecule has 2 unspecified atom stereocenters. The van der Waals surface area contributed by atoms with Crippen molar-refractivity contribution in [3.8, 4) is 11.5 Å².